The number of carboxylic acid groups (broad SMARTS) is 1. The molecule has 1 aromatic rings. The number of anilines is 1. The molecular formula is C10H17N3O2S. The van der Waals surface area contributed by atoms with E-state index in [-0.39, 0.29) is 12.5 Å². The van der Waals surface area contributed by atoms with Gasteiger partial charge in [0, 0.05) is 12.6 Å². The van der Waals surface area contributed by atoms with Crippen molar-refractivity contribution in [1.29, 1.82) is 0 Å². The van der Waals surface area contributed by atoms with Crippen LogP contribution in [0.3, 0.4) is 0 Å². The van der Waals surface area contributed by atoms with E-state index in [1.807, 2.05) is 25.7 Å². The van der Waals surface area contributed by atoms with Crippen LogP contribution in [0, 0.1) is 0 Å². The third-order valence-corrected chi connectivity index (χ3v) is 3.30. The predicted octanol–water partition coefficient (Wildman–Crippen LogP) is 1.79. The van der Waals surface area contributed by atoms with E-state index in [4.69, 9.17) is 5.11 Å². The number of carboxylic acids is 1. The van der Waals surface area contributed by atoms with E-state index in [9.17, 15) is 4.79 Å². The van der Waals surface area contributed by atoms with Gasteiger partial charge in [-0.2, -0.15) is 0 Å². The molecule has 0 saturated heterocycles. The number of rotatable bonds is 6. The van der Waals surface area contributed by atoms with Gasteiger partial charge >= 0.3 is 5.97 Å². The van der Waals surface area contributed by atoms with Gasteiger partial charge in [0.25, 0.3) is 0 Å². The van der Waals surface area contributed by atoms with Gasteiger partial charge in [-0.25, -0.2) is 0 Å². The summed E-state index contributed by atoms with van der Waals surface area (Å²) in [7, 11) is 0. The van der Waals surface area contributed by atoms with E-state index < -0.39 is 5.97 Å². The van der Waals surface area contributed by atoms with Gasteiger partial charge in [0.15, 0.2) is 0 Å². The van der Waals surface area contributed by atoms with Gasteiger partial charge in [-0.1, -0.05) is 18.3 Å². The number of hydrogen-bond donors (Lipinski definition) is 1. The second-order valence-corrected chi connectivity index (χ2v) is 4.80. The number of carbonyl (C=O) groups is 1. The molecule has 0 amide bonds. The van der Waals surface area contributed by atoms with E-state index >= 15 is 0 Å². The van der Waals surface area contributed by atoms with Crippen LogP contribution in [0.15, 0.2) is 0 Å². The van der Waals surface area contributed by atoms with E-state index in [1.54, 1.807) is 0 Å². The van der Waals surface area contributed by atoms with Crippen molar-refractivity contribution in [2.24, 2.45) is 0 Å². The molecule has 0 radical (unpaired) electrons. The summed E-state index contributed by atoms with van der Waals surface area (Å²) in [5.41, 5.74) is 0. The van der Waals surface area contributed by atoms with Gasteiger partial charge in [0.05, 0.1) is 6.42 Å². The van der Waals surface area contributed by atoms with Gasteiger partial charge in [-0.3, -0.25) is 4.79 Å². The Kier molecular flexibility index (Phi) is 4.67. The zero-order valence-electron chi connectivity index (χ0n) is 9.80. The Morgan fingerprint density at radius 1 is 1.50 bits per heavy atom. The molecular weight excluding hydrogens is 226 g/mol. The van der Waals surface area contributed by atoms with E-state index in [0.717, 1.165) is 16.6 Å². The largest absolute Gasteiger partial charge is 0.481 e. The maximum absolute atomic E-state index is 10.6. The molecule has 0 aliphatic rings. The standard InChI is InChI=1S/C10H17N3O2S/c1-4-8-11-12-10(16-8)13(7(2)3)6-5-9(14)15/h7H,4-6H2,1-3H3,(H,14,15). The monoisotopic (exact) mass is 243 g/mol. The van der Waals surface area contributed by atoms with Crippen LogP contribution >= 0.6 is 11.3 Å². The highest BCUT2D eigenvalue weighted by Crippen LogP contribution is 2.22. The number of aliphatic carboxylic acids is 1. The fourth-order valence-corrected chi connectivity index (χ4v) is 2.23. The Balaban J connectivity index is 2.72. The summed E-state index contributed by atoms with van der Waals surface area (Å²) >= 11 is 1.53. The third-order valence-electron chi connectivity index (χ3n) is 2.19. The molecule has 0 spiro atoms. The van der Waals surface area contributed by atoms with Crippen molar-refractivity contribution < 1.29 is 9.90 Å². The van der Waals surface area contributed by atoms with Crippen LogP contribution in [0.4, 0.5) is 5.13 Å². The average molecular weight is 243 g/mol. The molecule has 0 atom stereocenters. The van der Waals surface area contributed by atoms with Crippen molar-refractivity contribution in [2.45, 2.75) is 39.7 Å². The van der Waals surface area contributed by atoms with Crippen LogP contribution in [-0.2, 0) is 11.2 Å². The van der Waals surface area contributed by atoms with E-state index in [2.05, 4.69) is 10.2 Å². The quantitative estimate of drug-likeness (QED) is 0.825. The number of aromatic nitrogens is 2. The zero-order valence-corrected chi connectivity index (χ0v) is 10.6. The Morgan fingerprint density at radius 2 is 2.19 bits per heavy atom. The lowest BCUT2D eigenvalue weighted by Gasteiger charge is -2.24. The van der Waals surface area contributed by atoms with Crippen LogP contribution in [0.1, 0.15) is 32.2 Å². The van der Waals surface area contributed by atoms with Crippen LogP contribution in [-0.4, -0.2) is 33.9 Å². The highest BCUT2D eigenvalue weighted by molar-refractivity contribution is 7.15. The molecule has 1 heterocycles. The van der Waals surface area contributed by atoms with Crippen LogP contribution in [0.2, 0.25) is 0 Å². The molecule has 90 valence electrons. The zero-order chi connectivity index (χ0) is 12.1. The minimum Gasteiger partial charge on any atom is -0.481 e. The Morgan fingerprint density at radius 3 is 2.62 bits per heavy atom. The molecule has 16 heavy (non-hydrogen) atoms. The first-order chi connectivity index (χ1) is 7.54. The van der Waals surface area contributed by atoms with Crippen molar-refractivity contribution in [2.75, 3.05) is 11.4 Å². The smallest absolute Gasteiger partial charge is 0.305 e. The minimum atomic E-state index is -0.786. The first-order valence-electron chi connectivity index (χ1n) is 5.35. The fraction of sp³-hybridized carbons (Fsp3) is 0.700. The van der Waals surface area contributed by atoms with Crippen molar-refractivity contribution in [3.63, 3.8) is 0 Å². The summed E-state index contributed by atoms with van der Waals surface area (Å²) in [6.45, 7) is 6.55. The summed E-state index contributed by atoms with van der Waals surface area (Å²) in [5, 5.41) is 18.6. The highest BCUT2D eigenvalue weighted by Gasteiger charge is 2.16. The predicted molar refractivity (Wildman–Crippen MR) is 64.0 cm³/mol. The van der Waals surface area contributed by atoms with Crippen molar-refractivity contribution >= 4 is 22.4 Å². The SMILES string of the molecule is CCc1nnc(N(CCC(=O)O)C(C)C)s1. The number of nitrogens with zero attached hydrogens (tertiary/aromatic N) is 3. The molecule has 1 rings (SSSR count). The van der Waals surface area contributed by atoms with Gasteiger partial charge in [0.1, 0.15) is 5.01 Å². The van der Waals surface area contributed by atoms with Gasteiger partial charge in [0.2, 0.25) is 5.13 Å². The van der Waals surface area contributed by atoms with Crippen LogP contribution in [0.5, 0.6) is 0 Å². The number of hydrogen-bond acceptors (Lipinski definition) is 5. The summed E-state index contributed by atoms with van der Waals surface area (Å²) in [6.07, 6.45) is 0.988. The summed E-state index contributed by atoms with van der Waals surface area (Å²) in [5.74, 6) is -0.786. The second kappa shape index (κ2) is 5.79. The average Bonchev–Trinajstić information content (AvgIpc) is 2.65. The van der Waals surface area contributed by atoms with E-state index in [0.29, 0.717) is 6.54 Å². The first-order valence-corrected chi connectivity index (χ1v) is 6.17. The molecule has 1 aromatic heterocycles. The topological polar surface area (TPSA) is 66.3 Å². The van der Waals surface area contributed by atoms with Gasteiger partial charge in [-0.15, -0.1) is 10.2 Å². The third kappa shape index (κ3) is 3.44. The van der Waals surface area contributed by atoms with Gasteiger partial charge in [-0.05, 0) is 20.3 Å². The molecule has 5 nitrogen and oxygen atoms in total. The van der Waals surface area contributed by atoms with Gasteiger partial charge < -0.3 is 10.0 Å². The molecule has 6 heteroatoms. The minimum absolute atomic E-state index is 0.124. The fourth-order valence-electron chi connectivity index (χ4n) is 1.29. The second-order valence-electron chi connectivity index (χ2n) is 3.76. The molecule has 0 bridgehead atoms. The van der Waals surface area contributed by atoms with Crippen molar-refractivity contribution in [1.82, 2.24) is 10.2 Å². The Hall–Kier alpha value is -1.17. The number of aryl methyl sites for hydroxylation is 1. The maximum Gasteiger partial charge on any atom is 0.305 e. The molecule has 0 saturated carbocycles. The molecule has 0 aliphatic heterocycles. The van der Waals surface area contributed by atoms with Crippen LogP contribution in [0.25, 0.3) is 0 Å². The molecule has 0 unspecified atom stereocenters. The molecule has 0 fully saturated rings. The lowest BCUT2D eigenvalue weighted by atomic mass is 10.3. The first kappa shape index (κ1) is 12.9. The highest BCUT2D eigenvalue weighted by atomic mass is 32.1. The van der Waals surface area contributed by atoms with Crippen LogP contribution < -0.4 is 4.90 Å². The molecule has 1 N–H and O–H groups in total. The van der Waals surface area contributed by atoms with E-state index in [1.165, 1.54) is 11.3 Å². The molecule has 0 aromatic carbocycles. The summed E-state index contributed by atoms with van der Waals surface area (Å²) < 4.78 is 0. The maximum atomic E-state index is 10.6. The Labute approximate surface area is 99.1 Å². The summed E-state index contributed by atoms with van der Waals surface area (Å²) in [6, 6.07) is 0.233. The van der Waals surface area contributed by atoms with Crippen molar-refractivity contribution in [3.05, 3.63) is 5.01 Å². The summed E-state index contributed by atoms with van der Waals surface area (Å²) in [4.78, 5) is 12.5. The Bertz CT molecular complexity index is 352. The normalized spacial score (nSPS) is 10.8. The van der Waals surface area contributed by atoms with Crippen molar-refractivity contribution in [3.8, 4) is 0 Å². The lowest BCUT2D eigenvalue weighted by Crippen LogP contribution is -2.32. The molecule has 0 aliphatic carbocycles. The lowest BCUT2D eigenvalue weighted by molar-refractivity contribution is -0.136.